The first-order chi connectivity index (χ1) is 5.73. The number of carbonyl (C=O) groups is 1. The van der Waals surface area contributed by atoms with Gasteiger partial charge in [0, 0.05) is 0 Å². The normalized spacial score (nSPS) is 8.35. The van der Waals surface area contributed by atoms with Crippen LogP contribution in [0.25, 0.3) is 0 Å². The number of carboxylic acid groups (broad SMARTS) is 2. The molecular weight excluding hydrogens is 326 g/mol. The third-order valence-electron chi connectivity index (χ3n) is 0. The second kappa shape index (κ2) is 18.1. The summed E-state index contributed by atoms with van der Waals surface area (Å²) in [7, 11) is -9.28. The molecule has 12 nitrogen and oxygen atoms in total. The van der Waals surface area contributed by atoms with Crippen LogP contribution in [0.5, 0.6) is 0 Å². The zero-order valence-electron chi connectivity index (χ0n) is 10.9. The van der Waals surface area contributed by atoms with Crippen LogP contribution in [0, 0.1) is 0 Å². The van der Waals surface area contributed by atoms with Crippen LogP contribution < -0.4 is 87.1 Å². The first kappa shape index (κ1) is 36.5. The van der Waals surface area contributed by atoms with Gasteiger partial charge in [0.15, 0.2) is 0 Å². The Morgan fingerprint density at radius 2 is 0.824 bits per heavy atom. The van der Waals surface area contributed by atoms with Crippen molar-refractivity contribution < 1.29 is 137 Å². The molecule has 16 heteroatoms. The van der Waals surface area contributed by atoms with E-state index < -0.39 is 21.8 Å². The number of phosphoric acid groups is 2. The van der Waals surface area contributed by atoms with Gasteiger partial charge in [0.25, 0.3) is 0 Å². The van der Waals surface area contributed by atoms with Crippen molar-refractivity contribution in [2.45, 2.75) is 0 Å². The molecular formula is CH13KNNaO11P2. The van der Waals surface area contributed by atoms with Crippen molar-refractivity contribution in [3.63, 3.8) is 0 Å². The van der Waals surface area contributed by atoms with E-state index in [2.05, 4.69) is 0 Å². The molecule has 0 amide bonds. The molecule has 0 aliphatic carbocycles. The summed E-state index contributed by atoms with van der Waals surface area (Å²) < 4.78 is 17.8. The Labute approximate surface area is 163 Å². The SMILES string of the molecule is N.O=C(O)O.O=P(O)(O)O.O=P(O)(O)O.[H-].[H-].[K+].[Na+]. The average molecular weight is 339 g/mol. The minimum absolute atomic E-state index is 0. The van der Waals surface area contributed by atoms with E-state index in [4.69, 9.17) is 53.5 Å². The van der Waals surface area contributed by atoms with Crippen molar-refractivity contribution in [2.75, 3.05) is 0 Å². The first-order valence-corrected chi connectivity index (χ1v) is 5.35. The summed E-state index contributed by atoms with van der Waals surface area (Å²) in [6.07, 6.45) is -1.83. The van der Waals surface area contributed by atoms with Gasteiger partial charge in [0.2, 0.25) is 0 Å². The Kier molecular flexibility index (Phi) is 38.8. The van der Waals surface area contributed by atoms with E-state index in [9.17, 15) is 0 Å². The van der Waals surface area contributed by atoms with Crippen LogP contribution in [0.15, 0.2) is 0 Å². The molecule has 0 atom stereocenters. The van der Waals surface area contributed by atoms with Crippen molar-refractivity contribution in [3.8, 4) is 0 Å². The van der Waals surface area contributed by atoms with Gasteiger partial charge in [-0.3, -0.25) is 0 Å². The van der Waals surface area contributed by atoms with E-state index in [-0.39, 0.29) is 89.9 Å². The van der Waals surface area contributed by atoms with E-state index in [1.807, 2.05) is 0 Å². The molecule has 0 saturated carbocycles. The maximum absolute atomic E-state index is 8.88. The molecule has 11 N–H and O–H groups in total. The molecule has 0 aromatic carbocycles. The van der Waals surface area contributed by atoms with Crippen LogP contribution in [0.2, 0.25) is 0 Å². The Bertz CT molecular complexity index is 215. The molecule has 17 heavy (non-hydrogen) atoms. The second-order valence-corrected chi connectivity index (χ2v) is 3.36. The zero-order valence-corrected chi connectivity index (χ0v) is 15.8. The van der Waals surface area contributed by atoms with Gasteiger partial charge in [0.05, 0.1) is 0 Å². The molecule has 0 bridgehead atoms. The minimum Gasteiger partial charge on any atom is -1.00 e. The van der Waals surface area contributed by atoms with Crippen LogP contribution in [-0.4, -0.2) is 45.7 Å². The van der Waals surface area contributed by atoms with Crippen LogP contribution in [-0.2, 0) is 9.13 Å². The van der Waals surface area contributed by atoms with Gasteiger partial charge in [0.1, 0.15) is 0 Å². The quantitative estimate of drug-likeness (QED) is 0.147. The minimum atomic E-state index is -4.64. The molecule has 0 saturated heterocycles. The van der Waals surface area contributed by atoms with Crippen LogP contribution in [0.3, 0.4) is 0 Å². The van der Waals surface area contributed by atoms with Crippen molar-refractivity contribution in [1.29, 1.82) is 0 Å². The average Bonchev–Trinajstić information content (AvgIpc) is 1.45. The first-order valence-electron chi connectivity index (χ1n) is 2.22. The van der Waals surface area contributed by atoms with E-state index in [0.29, 0.717) is 0 Å². The van der Waals surface area contributed by atoms with E-state index in [0.717, 1.165) is 0 Å². The summed E-state index contributed by atoms with van der Waals surface area (Å²) in [6, 6.07) is 0. The standard InChI is InChI=1S/CH2O3.K.H3N.Na.2H3O4P.2H/c2-1(3)4;;;;2*1-5(2,3)4;;/h(H2,2,3,4);;1H3;;2*(H3,1,2,3,4);;/q;+1;;+1;;;2*-1. The van der Waals surface area contributed by atoms with Gasteiger partial charge in [-0.2, -0.15) is 0 Å². The van der Waals surface area contributed by atoms with E-state index >= 15 is 0 Å². The third kappa shape index (κ3) is 1080. The topological polar surface area (TPSA) is 248 Å². The predicted molar refractivity (Wildman–Crippen MR) is 46.4 cm³/mol. The largest absolute Gasteiger partial charge is 1.00 e. The van der Waals surface area contributed by atoms with Crippen LogP contribution >= 0.6 is 15.6 Å². The summed E-state index contributed by atoms with van der Waals surface area (Å²) in [4.78, 5) is 51.7. The number of hydrogen-bond donors (Lipinski definition) is 9. The fourth-order valence-corrected chi connectivity index (χ4v) is 0. The maximum atomic E-state index is 8.88. The molecule has 0 unspecified atom stereocenters. The third-order valence-corrected chi connectivity index (χ3v) is 0. The molecule has 0 fully saturated rings. The summed E-state index contributed by atoms with van der Waals surface area (Å²) >= 11 is 0. The van der Waals surface area contributed by atoms with Gasteiger partial charge in [-0.15, -0.1) is 0 Å². The van der Waals surface area contributed by atoms with Crippen molar-refractivity contribution in [2.24, 2.45) is 0 Å². The van der Waals surface area contributed by atoms with Gasteiger partial charge < -0.3 is 48.6 Å². The maximum Gasteiger partial charge on any atom is 1.00 e. The smallest absolute Gasteiger partial charge is 1.00 e. The molecule has 0 radical (unpaired) electrons. The molecule has 0 aromatic heterocycles. The molecule has 0 rings (SSSR count). The number of rotatable bonds is 0. The molecule has 0 aromatic rings. The Balaban J connectivity index is -0.0000000141. The molecule has 100 valence electrons. The van der Waals surface area contributed by atoms with Crippen molar-refractivity contribution >= 4 is 21.8 Å². The van der Waals surface area contributed by atoms with Gasteiger partial charge in [-0.1, -0.05) is 0 Å². The zero-order chi connectivity index (χ0) is 12.6. The summed E-state index contributed by atoms with van der Waals surface area (Å²) in [5, 5.41) is 13.9. The Morgan fingerprint density at radius 3 is 0.824 bits per heavy atom. The van der Waals surface area contributed by atoms with Crippen molar-refractivity contribution in [1.82, 2.24) is 6.15 Å². The van der Waals surface area contributed by atoms with Gasteiger partial charge in [-0.05, 0) is 0 Å². The summed E-state index contributed by atoms with van der Waals surface area (Å²) in [5.74, 6) is 0. The van der Waals surface area contributed by atoms with Crippen LogP contribution in [0.4, 0.5) is 4.79 Å². The summed E-state index contributed by atoms with van der Waals surface area (Å²) in [6.45, 7) is 0. The molecule has 0 spiro atoms. The fraction of sp³-hybridized carbons (Fsp3) is 0. The fourth-order valence-electron chi connectivity index (χ4n) is 0. The monoisotopic (exact) mass is 339 g/mol. The van der Waals surface area contributed by atoms with Gasteiger partial charge in [-0.25, -0.2) is 13.9 Å². The summed E-state index contributed by atoms with van der Waals surface area (Å²) in [5.41, 5.74) is 0. The Morgan fingerprint density at radius 1 is 0.824 bits per heavy atom. The molecule has 0 aliphatic heterocycles. The van der Waals surface area contributed by atoms with Crippen LogP contribution in [0.1, 0.15) is 2.85 Å². The van der Waals surface area contributed by atoms with Crippen molar-refractivity contribution in [3.05, 3.63) is 0 Å². The van der Waals surface area contributed by atoms with E-state index in [1.54, 1.807) is 0 Å². The van der Waals surface area contributed by atoms with Gasteiger partial charge >= 0.3 is 103 Å². The predicted octanol–water partition coefficient (Wildman–Crippen LogP) is -7.24. The second-order valence-electron chi connectivity index (χ2n) is 1.31. The molecule has 0 heterocycles. The Hall–Kier alpha value is 2.09. The van der Waals surface area contributed by atoms with E-state index in [1.165, 1.54) is 0 Å². The molecule has 0 aliphatic rings. The number of hydrogen-bond acceptors (Lipinski definition) is 4.